The zero-order valence-electron chi connectivity index (χ0n) is 8.95. The molecule has 0 aliphatic rings. The molecule has 0 atom stereocenters. The number of carbonyl (C=O) groups is 1. The molecule has 1 aromatic carbocycles. The summed E-state index contributed by atoms with van der Waals surface area (Å²) >= 11 is 9.26. The average Bonchev–Trinajstić information content (AvgIpc) is 2.71. The molecule has 2 aromatic rings. The Morgan fingerprint density at radius 1 is 1.47 bits per heavy atom. The summed E-state index contributed by atoms with van der Waals surface area (Å²) in [7, 11) is 1.71. The number of nitrogens with zero attached hydrogens (tertiary/aromatic N) is 2. The largest absolute Gasteiger partial charge is 0.320 e. The summed E-state index contributed by atoms with van der Waals surface area (Å²) in [5, 5.41) is 7.25. The van der Waals surface area contributed by atoms with Crippen molar-refractivity contribution in [2.75, 3.05) is 5.32 Å². The molecule has 0 saturated carbocycles. The van der Waals surface area contributed by atoms with E-state index in [-0.39, 0.29) is 5.91 Å². The molecular weight excluding hydrogens is 305 g/mol. The fraction of sp³-hybridized carbons (Fsp3) is 0.0909. The molecule has 0 aliphatic carbocycles. The number of halogens is 2. The van der Waals surface area contributed by atoms with Crippen molar-refractivity contribution in [1.82, 2.24) is 9.78 Å². The lowest BCUT2D eigenvalue weighted by atomic mass is 10.3. The number of carbonyl (C=O) groups excluding carboxylic acids is 1. The van der Waals surface area contributed by atoms with Crippen molar-refractivity contribution in [3.8, 4) is 0 Å². The Balaban J connectivity index is 2.25. The second-order valence-corrected chi connectivity index (χ2v) is 4.60. The van der Waals surface area contributed by atoms with Crippen LogP contribution in [0.2, 0.25) is 5.02 Å². The van der Waals surface area contributed by atoms with E-state index in [1.54, 1.807) is 37.5 Å². The molecular formula is C11H9BrClN3O. The van der Waals surface area contributed by atoms with Gasteiger partial charge in [-0.15, -0.1) is 0 Å². The standard InChI is InChI=1S/C11H9BrClN3O/c1-16-9(5-6-14-16)11(17)15-8-4-2-3-7(13)10(8)12/h2-6H,1H3,(H,15,17). The molecule has 88 valence electrons. The van der Waals surface area contributed by atoms with E-state index in [0.29, 0.717) is 20.9 Å². The van der Waals surface area contributed by atoms with Crippen molar-refractivity contribution in [3.63, 3.8) is 0 Å². The molecule has 1 N–H and O–H groups in total. The molecule has 0 spiro atoms. The highest BCUT2D eigenvalue weighted by molar-refractivity contribution is 9.10. The summed E-state index contributed by atoms with van der Waals surface area (Å²) in [6.45, 7) is 0. The normalized spacial score (nSPS) is 10.3. The van der Waals surface area contributed by atoms with Gasteiger partial charge in [-0.05, 0) is 34.1 Å². The summed E-state index contributed by atoms with van der Waals surface area (Å²) in [6.07, 6.45) is 1.57. The zero-order chi connectivity index (χ0) is 12.4. The number of amides is 1. The van der Waals surface area contributed by atoms with Gasteiger partial charge in [0.1, 0.15) is 5.69 Å². The van der Waals surface area contributed by atoms with Crippen LogP contribution in [0, 0.1) is 0 Å². The van der Waals surface area contributed by atoms with Crippen molar-refractivity contribution in [2.45, 2.75) is 0 Å². The number of rotatable bonds is 2. The fourth-order valence-corrected chi connectivity index (χ4v) is 1.92. The van der Waals surface area contributed by atoms with Gasteiger partial charge in [0.2, 0.25) is 0 Å². The summed E-state index contributed by atoms with van der Waals surface area (Å²) < 4.78 is 2.17. The topological polar surface area (TPSA) is 46.9 Å². The third-order valence-corrected chi connectivity index (χ3v) is 3.65. The van der Waals surface area contributed by atoms with Crippen molar-refractivity contribution in [2.24, 2.45) is 7.05 Å². The van der Waals surface area contributed by atoms with Crippen LogP contribution < -0.4 is 5.32 Å². The van der Waals surface area contributed by atoms with E-state index in [4.69, 9.17) is 11.6 Å². The molecule has 1 heterocycles. The maximum Gasteiger partial charge on any atom is 0.273 e. The molecule has 0 fully saturated rings. The number of aromatic nitrogens is 2. The maximum atomic E-state index is 11.9. The van der Waals surface area contributed by atoms with Gasteiger partial charge >= 0.3 is 0 Å². The molecule has 17 heavy (non-hydrogen) atoms. The number of hydrogen-bond acceptors (Lipinski definition) is 2. The van der Waals surface area contributed by atoms with Gasteiger partial charge in [-0.25, -0.2) is 0 Å². The van der Waals surface area contributed by atoms with Crippen LogP contribution in [0.3, 0.4) is 0 Å². The molecule has 0 radical (unpaired) electrons. The first kappa shape index (κ1) is 12.1. The first-order valence-corrected chi connectivity index (χ1v) is 6.00. The average molecular weight is 315 g/mol. The predicted molar refractivity (Wildman–Crippen MR) is 70.3 cm³/mol. The Bertz CT molecular complexity index is 568. The van der Waals surface area contributed by atoms with Crippen LogP contribution in [0.15, 0.2) is 34.9 Å². The van der Waals surface area contributed by atoms with E-state index in [0.717, 1.165) is 0 Å². The van der Waals surface area contributed by atoms with Crippen LogP contribution in [-0.2, 0) is 7.05 Å². The molecule has 0 bridgehead atoms. The Kier molecular flexibility index (Phi) is 3.49. The van der Waals surface area contributed by atoms with E-state index in [2.05, 4.69) is 26.3 Å². The van der Waals surface area contributed by atoms with Crippen LogP contribution in [0.4, 0.5) is 5.69 Å². The van der Waals surface area contributed by atoms with Crippen molar-refractivity contribution in [3.05, 3.63) is 45.7 Å². The lowest BCUT2D eigenvalue weighted by Crippen LogP contribution is -2.16. The molecule has 1 amide bonds. The summed E-state index contributed by atoms with van der Waals surface area (Å²) in [4.78, 5) is 11.9. The number of anilines is 1. The number of hydrogen-bond donors (Lipinski definition) is 1. The Hall–Kier alpha value is -1.33. The van der Waals surface area contributed by atoms with Gasteiger partial charge in [-0.1, -0.05) is 17.7 Å². The highest BCUT2D eigenvalue weighted by Gasteiger charge is 2.12. The van der Waals surface area contributed by atoms with Gasteiger partial charge in [0, 0.05) is 13.2 Å². The minimum absolute atomic E-state index is 0.229. The smallest absolute Gasteiger partial charge is 0.273 e. The highest BCUT2D eigenvalue weighted by atomic mass is 79.9. The van der Waals surface area contributed by atoms with Crippen LogP contribution in [0.1, 0.15) is 10.5 Å². The first-order chi connectivity index (χ1) is 8.09. The Morgan fingerprint density at radius 2 is 2.24 bits per heavy atom. The number of nitrogens with one attached hydrogen (secondary N) is 1. The molecule has 4 nitrogen and oxygen atoms in total. The minimum Gasteiger partial charge on any atom is -0.320 e. The Labute approximate surface area is 112 Å². The van der Waals surface area contributed by atoms with Gasteiger partial charge in [0.05, 0.1) is 15.2 Å². The van der Waals surface area contributed by atoms with Gasteiger partial charge in [-0.2, -0.15) is 5.10 Å². The van der Waals surface area contributed by atoms with Crippen molar-refractivity contribution >= 4 is 39.1 Å². The van der Waals surface area contributed by atoms with Crippen molar-refractivity contribution in [1.29, 1.82) is 0 Å². The molecule has 0 unspecified atom stereocenters. The van der Waals surface area contributed by atoms with Gasteiger partial charge in [-0.3, -0.25) is 9.48 Å². The van der Waals surface area contributed by atoms with Crippen LogP contribution in [0.25, 0.3) is 0 Å². The van der Waals surface area contributed by atoms with Gasteiger partial charge < -0.3 is 5.32 Å². The van der Waals surface area contributed by atoms with E-state index < -0.39 is 0 Å². The maximum absolute atomic E-state index is 11.9. The third-order valence-electron chi connectivity index (χ3n) is 2.25. The monoisotopic (exact) mass is 313 g/mol. The third kappa shape index (κ3) is 2.50. The molecule has 0 aliphatic heterocycles. The van der Waals surface area contributed by atoms with Crippen molar-refractivity contribution < 1.29 is 4.79 Å². The molecule has 2 rings (SSSR count). The second kappa shape index (κ2) is 4.89. The number of aryl methyl sites for hydroxylation is 1. The first-order valence-electron chi connectivity index (χ1n) is 4.83. The lowest BCUT2D eigenvalue weighted by molar-refractivity contribution is 0.101. The van der Waals surface area contributed by atoms with Gasteiger partial charge in [0.25, 0.3) is 5.91 Å². The Morgan fingerprint density at radius 3 is 2.88 bits per heavy atom. The zero-order valence-corrected chi connectivity index (χ0v) is 11.3. The summed E-state index contributed by atoms with van der Waals surface area (Å²) in [5.74, 6) is -0.229. The quantitative estimate of drug-likeness (QED) is 0.926. The van der Waals surface area contributed by atoms with E-state index in [1.165, 1.54) is 4.68 Å². The lowest BCUT2D eigenvalue weighted by Gasteiger charge is -2.08. The van der Waals surface area contributed by atoms with E-state index >= 15 is 0 Å². The van der Waals surface area contributed by atoms with Gasteiger partial charge in [0.15, 0.2) is 0 Å². The van der Waals surface area contributed by atoms with E-state index in [9.17, 15) is 4.79 Å². The van der Waals surface area contributed by atoms with Crippen LogP contribution >= 0.6 is 27.5 Å². The number of benzene rings is 1. The molecule has 6 heteroatoms. The summed E-state index contributed by atoms with van der Waals surface area (Å²) in [6, 6.07) is 6.93. The minimum atomic E-state index is -0.229. The SMILES string of the molecule is Cn1nccc1C(=O)Nc1cccc(Cl)c1Br. The van der Waals surface area contributed by atoms with E-state index in [1.807, 2.05) is 0 Å². The fourth-order valence-electron chi connectivity index (χ4n) is 1.38. The summed E-state index contributed by atoms with van der Waals surface area (Å²) in [5.41, 5.74) is 1.11. The molecule has 0 saturated heterocycles. The highest BCUT2D eigenvalue weighted by Crippen LogP contribution is 2.30. The predicted octanol–water partition coefficient (Wildman–Crippen LogP) is 3.09. The second-order valence-electron chi connectivity index (χ2n) is 3.40. The van der Waals surface area contributed by atoms with Crippen LogP contribution in [-0.4, -0.2) is 15.7 Å². The van der Waals surface area contributed by atoms with Crippen LogP contribution in [0.5, 0.6) is 0 Å². The molecule has 1 aromatic heterocycles.